The van der Waals surface area contributed by atoms with Crippen molar-refractivity contribution in [2.75, 3.05) is 23.7 Å². The van der Waals surface area contributed by atoms with Crippen molar-refractivity contribution in [1.82, 2.24) is 14.7 Å². The monoisotopic (exact) mass is 421 g/mol. The number of hydrogen-bond acceptors (Lipinski definition) is 6. The van der Waals surface area contributed by atoms with E-state index < -0.39 is 10.0 Å². The summed E-state index contributed by atoms with van der Waals surface area (Å²) >= 11 is 0. The minimum absolute atomic E-state index is 0.210. The first-order chi connectivity index (χ1) is 14.5. The second-order valence-electron chi connectivity index (χ2n) is 6.97. The third-order valence-electron chi connectivity index (χ3n) is 4.83. The zero-order valence-electron chi connectivity index (χ0n) is 16.4. The molecule has 2 heterocycles. The normalized spacial score (nSPS) is 15.9. The lowest BCUT2D eigenvalue weighted by Crippen LogP contribution is -2.25. The molecule has 0 aliphatic carbocycles. The van der Waals surface area contributed by atoms with E-state index in [2.05, 4.69) is 31.9 Å². The fraction of sp³-hybridized carbons (Fsp3) is 0.182. The molecule has 8 heteroatoms. The van der Waals surface area contributed by atoms with Gasteiger partial charge in [-0.3, -0.25) is 0 Å². The molecule has 0 amide bonds. The quantitative estimate of drug-likeness (QED) is 0.579. The number of hydrogen-bond donors (Lipinski definition) is 3. The van der Waals surface area contributed by atoms with Gasteiger partial charge in [-0.25, -0.2) is 18.1 Å². The Labute approximate surface area is 176 Å². The van der Waals surface area contributed by atoms with E-state index in [4.69, 9.17) is 0 Å². The number of benzene rings is 2. The van der Waals surface area contributed by atoms with Crippen molar-refractivity contribution >= 4 is 33.6 Å². The van der Waals surface area contributed by atoms with Crippen LogP contribution >= 0.6 is 0 Å². The number of aromatic nitrogens is 2. The lowest BCUT2D eigenvalue weighted by atomic mass is 10.1. The molecule has 30 heavy (non-hydrogen) atoms. The maximum atomic E-state index is 12.5. The van der Waals surface area contributed by atoms with Gasteiger partial charge in [0.1, 0.15) is 5.82 Å². The highest BCUT2D eigenvalue weighted by atomic mass is 32.2. The zero-order chi connectivity index (χ0) is 21.0. The lowest BCUT2D eigenvalue weighted by Gasteiger charge is -2.15. The highest BCUT2D eigenvalue weighted by Crippen LogP contribution is 2.28. The van der Waals surface area contributed by atoms with Crippen LogP contribution in [0, 0.1) is 0 Å². The zero-order valence-corrected chi connectivity index (χ0v) is 17.2. The summed E-state index contributed by atoms with van der Waals surface area (Å²) in [7, 11) is -3.55. The highest BCUT2D eigenvalue weighted by Gasteiger charge is 2.15. The second-order valence-corrected chi connectivity index (χ2v) is 8.73. The molecular weight excluding hydrogens is 398 g/mol. The van der Waals surface area contributed by atoms with Gasteiger partial charge in [0.15, 0.2) is 0 Å². The van der Waals surface area contributed by atoms with Gasteiger partial charge in [-0.1, -0.05) is 43.0 Å². The van der Waals surface area contributed by atoms with Crippen LogP contribution in [0.5, 0.6) is 0 Å². The summed E-state index contributed by atoms with van der Waals surface area (Å²) in [5, 5.41) is 6.48. The molecule has 0 spiro atoms. The summed E-state index contributed by atoms with van der Waals surface area (Å²) < 4.78 is 27.6. The fourth-order valence-electron chi connectivity index (χ4n) is 3.20. The van der Waals surface area contributed by atoms with E-state index in [1.807, 2.05) is 24.3 Å². The highest BCUT2D eigenvalue weighted by molar-refractivity contribution is 7.89. The van der Waals surface area contributed by atoms with Crippen molar-refractivity contribution in [3.63, 3.8) is 0 Å². The van der Waals surface area contributed by atoms with E-state index in [9.17, 15) is 8.42 Å². The predicted molar refractivity (Wildman–Crippen MR) is 120 cm³/mol. The van der Waals surface area contributed by atoms with Gasteiger partial charge in [0.25, 0.3) is 0 Å². The summed E-state index contributed by atoms with van der Waals surface area (Å²) in [5.41, 5.74) is 3.55. The largest absolute Gasteiger partial charge is 0.369 e. The molecule has 0 atom stereocenters. The van der Waals surface area contributed by atoms with Crippen LogP contribution in [0.3, 0.4) is 0 Å². The number of nitrogens with one attached hydrogen (secondary N) is 3. The molecular formula is C22H23N5O2S. The Balaban J connectivity index is 1.72. The first-order valence-electron chi connectivity index (χ1n) is 9.76. The van der Waals surface area contributed by atoms with Crippen LogP contribution < -0.4 is 15.4 Å². The first-order valence-corrected chi connectivity index (χ1v) is 11.2. The van der Waals surface area contributed by atoms with Crippen LogP contribution in [0.1, 0.15) is 18.4 Å². The van der Waals surface area contributed by atoms with Crippen LogP contribution in [-0.2, 0) is 10.0 Å². The fourth-order valence-corrected chi connectivity index (χ4v) is 4.32. The van der Waals surface area contributed by atoms with Gasteiger partial charge in [0.2, 0.25) is 16.0 Å². The van der Waals surface area contributed by atoms with Gasteiger partial charge in [-0.05, 0) is 42.2 Å². The van der Waals surface area contributed by atoms with Crippen molar-refractivity contribution in [1.29, 1.82) is 0 Å². The smallest absolute Gasteiger partial charge is 0.240 e. The molecule has 3 N–H and O–H groups in total. The van der Waals surface area contributed by atoms with E-state index >= 15 is 0 Å². The van der Waals surface area contributed by atoms with Gasteiger partial charge < -0.3 is 10.6 Å². The molecule has 0 saturated carbocycles. The average Bonchev–Trinajstić information content (AvgIpc) is 2.76. The molecule has 2 aromatic carbocycles. The van der Waals surface area contributed by atoms with Crippen molar-refractivity contribution in [2.24, 2.45) is 0 Å². The standard InChI is InChI=1S/C22H23N5O2S/c1-2-16-8-10-17(11-9-16)20-15-24-22-26-18-6-5-7-19(14-18)30(28,29)25-13-4-3-12-23-21(20)27-22/h2,5-11,14-15,25H,1,3-4,12-13H2,(H2,23,24,26,27). The minimum atomic E-state index is -3.55. The first kappa shape index (κ1) is 20.1. The van der Waals surface area contributed by atoms with Crippen LogP contribution in [0.4, 0.5) is 17.5 Å². The molecule has 4 rings (SSSR count). The number of anilines is 3. The second kappa shape index (κ2) is 8.64. The molecule has 4 bridgehead atoms. The molecule has 3 aromatic rings. The third-order valence-corrected chi connectivity index (χ3v) is 6.29. The Morgan fingerprint density at radius 2 is 1.83 bits per heavy atom. The van der Waals surface area contributed by atoms with Gasteiger partial charge in [-0.2, -0.15) is 4.98 Å². The average molecular weight is 422 g/mol. The molecule has 0 radical (unpaired) electrons. The molecule has 1 aliphatic rings. The van der Waals surface area contributed by atoms with E-state index in [-0.39, 0.29) is 4.90 Å². The van der Waals surface area contributed by atoms with Crippen molar-refractivity contribution in [2.45, 2.75) is 17.7 Å². The number of rotatable bonds is 2. The van der Waals surface area contributed by atoms with Gasteiger partial charge >= 0.3 is 0 Å². The number of nitrogens with zero attached hydrogens (tertiary/aromatic N) is 2. The van der Waals surface area contributed by atoms with E-state index in [0.717, 1.165) is 28.9 Å². The van der Waals surface area contributed by atoms with E-state index in [1.54, 1.807) is 36.5 Å². The summed E-state index contributed by atoms with van der Waals surface area (Å²) in [6.07, 6.45) is 5.09. The number of fused-ring (bicyclic) bond motifs is 4. The molecule has 0 unspecified atom stereocenters. The van der Waals surface area contributed by atoms with Crippen LogP contribution in [0.25, 0.3) is 17.2 Å². The molecule has 0 fully saturated rings. The van der Waals surface area contributed by atoms with Gasteiger partial charge in [0, 0.05) is 30.5 Å². The summed E-state index contributed by atoms with van der Waals surface area (Å²) in [5.74, 6) is 1.12. The van der Waals surface area contributed by atoms with Crippen LogP contribution in [0.2, 0.25) is 0 Å². The Kier molecular flexibility index (Phi) is 5.78. The molecule has 1 aliphatic heterocycles. The maximum absolute atomic E-state index is 12.5. The SMILES string of the molecule is C=Cc1ccc(-c2cnc3nc2NCCCCNS(=O)(=O)c2cccc(c2)N3)cc1. The topological polar surface area (TPSA) is 96.0 Å². The summed E-state index contributed by atoms with van der Waals surface area (Å²) in [6.45, 7) is 4.84. The number of sulfonamides is 1. The lowest BCUT2D eigenvalue weighted by molar-refractivity contribution is 0.577. The third kappa shape index (κ3) is 4.50. The Morgan fingerprint density at radius 3 is 2.63 bits per heavy atom. The summed E-state index contributed by atoms with van der Waals surface area (Å²) in [4.78, 5) is 9.30. The minimum Gasteiger partial charge on any atom is -0.369 e. The van der Waals surface area contributed by atoms with Crippen molar-refractivity contribution < 1.29 is 8.42 Å². The molecule has 0 saturated heterocycles. The summed E-state index contributed by atoms with van der Waals surface area (Å²) in [6, 6.07) is 14.7. The van der Waals surface area contributed by atoms with E-state index in [0.29, 0.717) is 31.1 Å². The van der Waals surface area contributed by atoms with E-state index in [1.165, 1.54) is 0 Å². The van der Waals surface area contributed by atoms with Crippen LogP contribution in [-0.4, -0.2) is 31.5 Å². The Morgan fingerprint density at radius 1 is 1.03 bits per heavy atom. The molecule has 7 nitrogen and oxygen atoms in total. The Hall–Kier alpha value is -3.23. The maximum Gasteiger partial charge on any atom is 0.240 e. The Bertz CT molecular complexity index is 1160. The van der Waals surface area contributed by atoms with Gasteiger partial charge in [0.05, 0.1) is 4.90 Å². The molecule has 154 valence electrons. The van der Waals surface area contributed by atoms with Crippen molar-refractivity contribution in [3.05, 3.63) is 66.9 Å². The molecule has 1 aromatic heterocycles. The van der Waals surface area contributed by atoms with Crippen LogP contribution in [0.15, 0.2) is 66.2 Å². The van der Waals surface area contributed by atoms with Gasteiger partial charge in [-0.15, -0.1) is 0 Å². The predicted octanol–water partition coefficient (Wildman–Crippen LogP) is 4.01. The van der Waals surface area contributed by atoms with Crippen molar-refractivity contribution in [3.8, 4) is 11.1 Å².